The number of carbonyl (C=O) groups is 1. The summed E-state index contributed by atoms with van der Waals surface area (Å²) in [7, 11) is 1.68. The van der Waals surface area contributed by atoms with E-state index in [4.69, 9.17) is 23.4 Å². The molecule has 0 radical (unpaired) electrons. The second kappa shape index (κ2) is 8.57. The van der Waals surface area contributed by atoms with Crippen molar-refractivity contribution in [1.29, 1.82) is 0 Å². The van der Waals surface area contributed by atoms with Gasteiger partial charge >= 0.3 is 0 Å². The molecule has 170 valence electrons. The molecule has 0 saturated carbocycles. The van der Waals surface area contributed by atoms with Crippen molar-refractivity contribution >= 4 is 40.2 Å². The van der Waals surface area contributed by atoms with Crippen molar-refractivity contribution in [2.24, 2.45) is 7.05 Å². The third kappa shape index (κ3) is 3.43. The average Bonchev–Trinajstić information content (AvgIpc) is 3.44. The van der Waals surface area contributed by atoms with Crippen LogP contribution in [-0.2, 0) is 17.4 Å². The molecule has 0 aliphatic heterocycles. The molecule has 0 bridgehead atoms. The third-order valence-corrected chi connectivity index (χ3v) is 6.24. The summed E-state index contributed by atoms with van der Waals surface area (Å²) >= 11 is 12.4. The number of carbonyl (C=O) groups excluding carboxylic acids is 1. The number of hydrogen-bond acceptors (Lipinski definition) is 5. The zero-order chi connectivity index (χ0) is 23.9. The molecule has 10 heteroatoms. The number of fused-ring (bicyclic) bond motifs is 1. The van der Waals surface area contributed by atoms with Gasteiger partial charge in [-0.3, -0.25) is 9.63 Å². The van der Waals surface area contributed by atoms with E-state index in [1.807, 2.05) is 33.7 Å². The number of nitrogens with one attached hydrogen (secondary N) is 1. The molecule has 0 aliphatic carbocycles. The summed E-state index contributed by atoms with van der Waals surface area (Å²) in [6.45, 7) is 0. The van der Waals surface area contributed by atoms with Gasteiger partial charge in [-0.15, -0.1) is 10.2 Å². The van der Waals surface area contributed by atoms with Gasteiger partial charge in [-0.05, 0) is 34.5 Å². The molecule has 2 aromatic heterocycles. The monoisotopic (exact) mass is 492 g/mol. The zero-order valence-corrected chi connectivity index (χ0v) is 19.4. The van der Waals surface area contributed by atoms with E-state index in [0.29, 0.717) is 27.7 Å². The lowest BCUT2D eigenvalue weighted by Gasteiger charge is -2.27. The molecule has 3 aromatic carbocycles. The quantitative estimate of drug-likeness (QED) is 0.361. The zero-order valence-electron chi connectivity index (χ0n) is 17.9. The van der Waals surface area contributed by atoms with Gasteiger partial charge in [0, 0.05) is 22.9 Å². The predicted octanol–water partition coefficient (Wildman–Crippen LogP) is 3.98. The normalized spacial score (nSPS) is 13.1. The fraction of sp³-hybridized carbons (Fsp3) is 0.0833. The molecule has 1 atom stereocenters. The lowest BCUT2D eigenvalue weighted by atomic mass is 9.85. The van der Waals surface area contributed by atoms with Crippen LogP contribution in [0.5, 0.6) is 0 Å². The third-order valence-electron chi connectivity index (χ3n) is 5.68. The van der Waals surface area contributed by atoms with Gasteiger partial charge in [0.25, 0.3) is 5.91 Å². The molecule has 8 nitrogen and oxygen atoms in total. The topological polar surface area (TPSA) is 97.9 Å². The summed E-state index contributed by atoms with van der Waals surface area (Å²) in [5.74, 6) is -0.387. The van der Waals surface area contributed by atoms with Crippen molar-refractivity contribution in [1.82, 2.24) is 29.6 Å². The first kappa shape index (κ1) is 22.1. The van der Waals surface area contributed by atoms with E-state index in [-0.39, 0.29) is 0 Å². The fourth-order valence-corrected chi connectivity index (χ4v) is 4.54. The van der Waals surface area contributed by atoms with Crippen molar-refractivity contribution < 1.29 is 9.90 Å². The Morgan fingerprint density at radius 2 is 1.62 bits per heavy atom. The molecule has 5 rings (SSSR count). The van der Waals surface area contributed by atoms with Crippen LogP contribution in [0.4, 0.5) is 0 Å². The van der Waals surface area contributed by atoms with Crippen LogP contribution in [0, 0.1) is 0 Å². The van der Waals surface area contributed by atoms with Crippen LogP contribution in [0.25, 0.3) is 28.1 Å². The predicted molar refractivity (Wildman–Crippen MR) is 130 cm³/mol. The lowest BCUT2D eigenvalue weighted by Crippen LogP contribution is -2.42. The minimum absolute atomic E-state index is 0.349. The highest BCUT2D eigenvalue weighted by Crippen LogP contribution is 2.39. The second-order valence-electron chi connectivity index (χ2n) is 7.66. The number of nitrogens with zero attached hydrogens (tertiary/aromatic N) is 5. The number of aliphatic hydroxyl groups is 1. The van der Waals surface area contributed by atoms with Gasteiger partial charge in [-0.2, -0.15) is 4.80 Å². The van der Waals surface area contributed by atoms with Crippen molar-refractivity contribution in [3.8, 4) is 17.2 Å². The number of aryl methyl sites for hydroxylation is 1. The number of halogens is 2. The summed E-state index contributed by atoms with van der Waals surface area (Å²) in [5.41, 5.74) is 0.922. The number of aromatic nitrogens is 5. The Balaban J connectivity index is 1.69. The van der Waals surface area contributed by atoms with Gasteiger partial charge in [0.2, 0.25) is 5.82 Å². The summed E-state index contributed by atoms with van der Waals surface area (Å²) in [6.07, 6.45) is 0. The number of rotatable bonds is 5. The standard InChI is InChI=1S/C24H18Cl2N6O2/c1-31-29-22(28-30-31)21-20(25)18-9-5-6-10-19(18)32(21)17-13-11-16(12-14-17)24(34,23(33)27-26)15-7-3-2-4-8-15/h2-14,34H,1H3,(H,27,33). The van der Waals surface area contributed by atoms with Crippen LogP contribution in [0.15, 0.2) is 78.9 Å². The van der Waals surface area contributed by atoms with Crippen LogP contribution < -0.4 is 4.84 Å². The largest absolute Gasteiger partial charge is 0.372 e. The smallest absolute Gasteiger partial charge is 0.275 e. The van der Waals surface area contributed by atoms with Crippen molar-refractivity contribution in [3.05, 3.63) is 95.0 Å². The summed E-state index contributed by atoms with van der Waals surface area (Å²) in [4.78, 5) is 16.1. The Labute approximate surface area is 204 Å². The molecule has 5 aromatic rings. The Morgan fingerprint density at radius 3 is 2.26 bits per heavy atom. The summed E-state index contributed by atoms with van der Waals surface area (Å²) < 4.78 is 1.92. The highest BCUT2D eigenvalue weighted by Gasteiger charge is 2.39. The summed E-state index contributed by atoms with van der Waals surface area (Å²) in [5, 5.41) is 25.2. The number of amides is 1. The molecule has 0 saturated heterocycles. The summed E-state index contributed by atoms with van der Waals surface area (Å²) in [6, 6.07) is 23.2. The van der Waals surface area contributed by atoms with Crippen LogP contribution in [0.3, 0.4) is 0 Å². The Morgan fingerprint density at radius 1 is 0.971 bits per heavy atom. The second-order valence-corrected chi connectivity index (χ2v) is 8.23. The van der Waals surface area contributed by atoms with Crippen LogP contribution >= 0.6 is 23.4 Å². The first-order chi connectivity index (χ1) is 16.4. The average molecular weight is 493 g/mol. The molecular weight excluding hydrogens is 475 g/mol. The SMILES string of the molecule is Cn1nnc(-c2c(Cl)c3ccccc3n2-c2ccc(C(O)(C(=O)NCl)c3ccccc3)cc2)n1. The van der Waals surface area contributed by atoms with E-state index in [2.05, 4.69) is 15.4 Å². The Kier molecular flexibility index (Phi) is 5.57. The molecule has 2 heterocycles. The van der Waals surface area contributed by atoms with Crippen LogP contribution in [-0.4, -0.2) is 35.8 Å². The molecule has 2 N–H and O–H groups in total. The van der Waals surface area contributed by atoms with E-state index in [1.165, 1.54) is 4.80 Å². The van der Waals surface area contributed by atoms with Crippen molar-refractivity contribution in [2.75, 3.05) is 0 Å². The fourth-order valence-electron chi connectivity index (χ4n) is 4.07. The maximum absolute atomic E-state index is 12.7. The van der Waals surface area contributed by atoms with Gasteiger partial charge in [0.05, 0.1) is 17.6 Å². The van der Waals surface area contributed by atoms with Gasteiger partial charge < -0.3 is 9.67 Å². The van der Waals surface area contributed by atoms with E-state index < -0.39 is 11.5 Å². The molecule has 0 fully saturated rings. The maximum Gasteiger partial charge on any atom is 0.275 e. The van der Waals surface area contributed by atoms with Crippen molar-refractivity contribution in [2.45, 2.75) is 5.60 Å². The minimum Gasteiger partial charge on any atom is -0.372 e. The molecule has 0 aliphatic rings. The van der Waals surface area contributed by atoms with E-state index >= 15 is 0 Å². The van der Waals surface area contributed by atoms with Gasteiger partial charge in [-0.25, -0.2) is 0 Å². The van der Waals surface area contributed by atoms with E-state index in [1.54, 1.807) is 61.6 Å². The van der Waals surface area contributed by atoms with Gasteiger partial charge in [0.1, 0.15) is 5.69 Å². The first-order valence-electron chi connectivity index (χ1n) is 10.3. The molecule has 0 spiro atoms. The van der Waals surface area contributed by atoms with Gasteiger partial charge in [-0.1, -0.05) is 72.3 Å². The number of benzene rings is 3. The van der Waals surface area contributed by atoms with E-state index in [0.717, 1.165) is 16.6 Å². The molecular formula is C24H18Cl2N6O2. The minimum atomic E-state index is -1.98. The van der Waals surface area contributed by atoms with E-state index in [9.17, 15) is 9.90 Å². The Bertz CT molecular complexity index is 1500. The van der Waals surface area contributed by atoms with Crippen molar-refractivity contribution in [3.63, 3.8) is 0 Å². The van der Waals surface area contributed by atoms with Crippen LogP contribution in [0.1, 0.15) is 11.1 Å². The Hall–Kier alpha value is -3.72. The number of hydrogen-bond donors (Lipinski definition) is 2. The highest BCUT2D eigenvalue weighted by atomic mass is 35.5. The maximum atomic E-state index is 12.7. The molecule has 1 amide bonds. The number of tetrazole rings is 1. The number of para-hydroxylation sites is 1. The first-order valence-corrected chi connectivity index (χ1v) is 11.0. The highest BCUT2D eigenvalue weighted by molar-refractivity contribution is 6.38. The lowest BCUT2D eigenvalue weighted by molar-refractivity contribution is -0.134. The van der Waals surface area contributed by atoms with Gasteiger partial charge in [0.15, 0.2) is 5.60 Å². The molecule has 1 unspecified atom stereocenters. The van der Waals surface area contributed by atoms with Crippen LogP contribution in [0.2, 0.25) is 5.02 Å². The molecule has 34 heavy (non-hydrogen) atoms.